The minimum atomic E-state index is -4.56. The lowest BCUT2D eigenvalue weighted by Crippen LogP contribution is -2.40. The summed E-state index contributed by atoms with van der Waals surface area (Å²) in [5.41, 5.74) is -4.03. The number of nitrogens with one attached hydrogen (secondary N) is 7. The van der Waals surface area contributed by atoms with Crippen LogP contribution in [-0.4, -0.2) is 125 Å². The average molecular weight is 1740 g/mol. The third-order valence-electron chi connectivity index (χ3n) is 12.1. The average Bonchev–Trinajstić information content (AvgIpc) is 1.25. The molecule has 6 aromatic carbocycles. The maximum Gasteiger partial charge on any atom is 0.416 e. The van der Waals surface area contributed by atoms with Crippen molar-refractivity contribution in [3.05, 3.63) is 172 Å². The predicted octanol–water partition coefficient (Wildman–Crippen LogP) is 14.5. The zero-order valence-electron chi connectivity index (χ0n) is 67.1. The molecule has 6 aromatic rings. The van der Waals surface area contributed by atoms with E-state index in [0.29, 0.717) is 34.8 Å². The molecule has 0 amide bonds. The van der Waals surface area contributed by atoms with E-state index >= 15 is 0 Å². The molecular formula is C73H108Cl2F4N8O17S7. The number of methoxy groups -OCH3 is 3. The lowest BCUT2D eigenvalue weighted by molar-refractivity contribution is -0.137. The number of benzene rings is 6. The number of hydrogen-bond acceptors (Lipinski definition) is 18. The molecule has 111 heavy (non-hydrogen) atoms. The highest BCUT2D eigenvalue weighted by molar-refractivity contribution is 7.93. The van der Waals surface area contributed by atoms with Gasteiger partial charge in [0.2, 0.25) is 60.1 Å². The van der Waals surface area contributed by atoms with E-state index in [1.807, 2.05) is 6.92 Å². The molecule has 7 N–H and O–H groups in total. The van der Waals surface area contributed by atoms with Gasteiger partial charge in [0.05, 0.1) is 46.5 Å². The molecule has 0 aromatic heterocycles. The molecule has 0 saturated carbocycles. The minimum Gasteiger partial charge on any atom is -0.497 e. The molecule has 7 rings (SSSR count). The molecule has 1 aliphatic rings. The van der Waals surface area contributed by atoms with Crippen LogP contribution in [0.4, 0.5) is 17.6 Å². The first-order valence-corrected chi connectivity index (χ1v) is 44.6. The van der Waals surface area contributed by atoms with Crippen molar-refractivity contribution in [3.63, 3.8) is 0 Å². The molecule has 0 aliphatic carbocycles. The summed E-state index contributed by atoms with van der Waals surface area (Å²) in [7, 11) is -20.6. The number of aliphatic imine (C=N–C) groups is 1. The molecule has 0 unspecified atom stereocenters. The van der Waals surface area contributed by atoms with Gasteiger partial charge in [0.15, 0.2) is 5.03 Å². The number of ether oxygens (including phenoxy) is 3. The van der Waals surface area contributed by atoms with Crippen molar-refractivity contribution in [2.45, 2.75) is 233 Å². The van der Waals surface area contributed by atoms with Gasteiger partial charge >= 0.3 is 6.18 Å². The van der Waals surface area contributed by atoms with Gasteiger partial charge in [0.1, 0.15) is 32.9 Å². The third-order valence-corrected chi connectivity index (χ3v) is 24.9. The summed E-state index contributed by atoms with van der Waals surface area (Å²) in [5, 5.41) is 0.821. The van der Waals surface area contributed by atoms with Crippen LogP contribution in [-0.2, 0) is 76.3 Å². The summed E-state index contributed by atoms with van der Waals surface area (Å²) in [6.07, 6.45) is -2.31. The van der Waals surface area contributed by atoms with E-state index in [0.717, 1.165) is 36.0 Å². The number of rotatable bonds is 17. The SMILES string of the molecule is CC(C)(C)NS(=O)(=O)c1ccc(Cl)cc1.CC(C)(C)NS(=O)(=O)c1ccc(Cl)cc1F.CC(C)(C)NS(=O)(=O)c1cccc(C(F)(F)F)c1.CC1=NC(S(=O)(=O)NC(C)(C)C)=CC1.COc1ccc(S(=O)(=O)NC(C)(C)C)cc1.COc1cccc(S(=O)(=O)NC(C)(C)C)c1.COc1ccccc1S(=O)(=O)NC(C)(C)C. The van der Waals surface area contributed by atoms with Crippen LogP contribution in [0.25, 0.3) is 0 Å². The van der Waals surface area contributed by atoms with Gasteiger partial charge in [-0.25, -0.2) is 101 Å². The largest absolute Gasteiger partial charge is 0.497 e. The van der Waals surface area contributed by atoms with Crippen molar-refractivity contribution in [2.24, 2.45) is 4.99 Å². The van der Waals surface area contributed by atoms with Crippen LogP contribution in [0.15, 0.2) is 185 Å². The van der Waals surface area contributed by atoms with Gasteiger partial charge in [-0.05, 0) is 268 Å². The van der Waals surface area contributed by atoms with Crippen LogP contribution in [0.3, 0.4) is 0 Å². The second-order valence-electron chi connectivity index (χ2n) is 31.6. The van der Waals surface area contributed by atoms with E-state index < -0.39 is 136 Å². The Kier molecular flexibility index (Phi) is 37.4. The Morgan fingerprint density at radius 1 is 0.351 bits per heavy atom. The van der Waals surface area contributed by atoms with Crippen molar-refractivity contribution in [2.75, 3.05) is 21.3 Å². The molecule has 0 fully saturated rings. The maximum atomic E-state index is 13.4. The summed E-state index contributed by atoms with van der Waals surface area (Å²) < 4.78 is 249. The quantitative estimate of drug-likeness (QED) is 0.0417. The zero-order chi connectivity index (χ0) is 86.6. The smallest absolute Gasteiger partial charge is 0.416 e. The Balaban J connectivity index is 0.000000648. The molecular weight excluding hydrogens is 1630 g/mol. The maximum absolute atomic E-state index is 13.4. The molecule has 1 aliphatic heterocycles. The summed E-state index contributed by atoms with van der Waals surface area (Å²) in [6, 6.07) is 32.4. The van der Waals surface area contributed by atoms with Crippen LogP contribution in [0.5, 0.6) is 17.2 Å². The second-order valence-corrected chi connectivity index (χ2v) is 44.2. The first-order chi connectivity index (χ1) is 49.7. The molecule has 25 nitrogen and oxygen atoms in total. The van der Waals surface area contributed by atoms with Gasteiger partial charge in [0.25, 0.3) is 10.0 Å². The predicted molar refractivity (Wildman–Crippen MR) is 431 cm³/mol. The Morgan fingerprint density at radius 2 is 0.694 bits per heavy atom. The van der Waals surface area contributed by atoms with E-state index in [1.165, 1.54) is 69.9 Å². The minimum absolute atomic E-state index is 0.143. The van der Waals surface area contributed by atoms with Crippen LogP contribution in [0.1, 0.15) is 164 Å². The molecule has 0 atom stereocenters. The molecule has 1 heterocycles. The topological polar surface area (TPSA) is 363 Å². The van der Waals surface area contributed by atoms with Crippen molar-refractivity contribution in [1.82, 2.24) is 33.1 Å². The number of sulfonamides is 7. The number of para-hydroxylation sites is 1. The van der Waals surface area contributed by atoms with Crippen LogP contribution >= 0.6 is 23.2 Å². The fourth-order valence-corrected chi connectivity index (χ4v) is 19.0. The van der Waals surface area contributed by atoms with E-state index in [-0.39, 0.29) is 29.6 Å². The van der Waals surface area contributed by atoms with Gasteiger partial charge in [-0.1, -0.05) is 47.5 Å². The van der Waals surface area contributed by atoms with Crippen molar-refractivity contribution in [1.29, 1.82) is 0 Å². The normalized spacial score (nSPS) is 13.5. The lowest BCUT2D eigenvalue weighted by atomic mass is 10.1. The van der Waals surface area contributed by atoms with Crippen molar-refractivity contribution < 1.29 is 90.7 Å². The fraction of sp³-hybridized carbons (Fsp3) is 0.466. The van der Waals surface area contributed by atoms with Crippen LogP contribution in [0.2, 0.25) is 10.0 Å². The van der Waals surface area contributed by atoms with Gasteiger partial charge in [-0.2, -0.15) is 13.2 Å². The number of allylic oxidation sites excluding steroid dienone is 1. The van der Waals surface area contributed by atoms with Gasteiger partial charge < -0.3 is 14.2 Å². The number of alkyl halides is 3. The molecule has 626 valence electrons. The van der Waals surface area contributed by atoms with Gasteiger partial charge in [0, 0.05) is 67.0 Å². The fourth-order valence-electron chi connectivity index (χ4n) is 8.41. The van der Waals surface area contributed by atoms with Gasteiger partial charge in [-0.3, -0.25) is 0 Å². The Morgan fingerprint density at radius 3 is 1.05 bits per heavy atom. The number of halogens is 6. The summed E-state index contributed by atoms with van der Waals surface area (Å²) in [6.45, 7) is 38.6. The van der Waals surface area contributed by atoms with Crippen LogP contribution < -0.4 is 47.3 Å². The Bertz CT molecular complexity index is 4980. The van der Waals surface area contributed by atoms with Crippen molar-refractivity contribution >= 4 is 99.1 Å². The van der Waals surface area contributed by atoms with Gasteiger partial charge in [-0.15, -0.1) is 0 Å². The first-order valence-electron chi connectivity index (χ1n) is 33.5. The summed E-state index contributed by atoms with van der Waals surface area (Å²) >= 11 is 11.2. The molecule has 0 bridgehead atoms. The third kappa shape index (κ3) is 40.6. The summed E-state index contributed by atoms with van der Waals surface area (Å²) in [4.78, 5) is 4.01. The van der Waals surface area contributed by atoms with E-state index in [2.05, 4.69) is 38.0 Å². The molecule has 0 spiro atoms. The lowest BCUT2D eigenvalue weighted by Gasteiger charge is -2.21. The van der Waals surface area contributed by atoms with Crippen molar-refractivity contribution in [3.8, 4) is 17.2 Å². The first kappa shape index (κ1) is 103. The highest BCUT2D eigenvalue weighted by atomic mass is 35.5. The standard InChI is InChI=1S/C11H14F3NO2S.3C11H17NO3S.C10H13ClFNO2S.C10H14ClNO2S.C9H16N2O2S/c1-10(2,3)15-18(16,17)9-6-4-5-8(7-9)11(12,13)14;1-11(2,3)12-16(13,14)10-7-5-9(15-4)6-8-10;1-11(2,3)12-16(13,14)10-7-5-6-9(8-10)15-4;1-11(2,3)12-16(13,14)10-8-6-5-7-9(10)15-4;1-10(2,3)13-16(14,15)9-5-4-7(11)6-8(9)12;1-10(2,3)12-15(13,14)9-6-4-8(11)5-7-9;1-7-5-6-8(10-7)14(12,13)11-9(2,3)4/h4-7,15H,1-3H3;3*5-8,12H,1-4H3;4-6,13H,1-3H3;4-7,12H,1-3H3;6,11H,5H2,1-4H3. The Labute approximate surface area is 666 Å². The van der Waals surface area contributed by atoms with E-state index in [4.69, 9.17) is 37.4 Å². The zero-order valence-corrected chi connectivity index (χ0v) is 74.3. The summed E-state index contributed by atoms with van der Waals surface area (Å²) in [5.74, 6) is 0.648. The van der Waals surface area contributed by atoms with Crippen LogP contribution in [0, 0.1) is 5.82 Å². The second kappa shape index (κ2) is 40.4. The number of hydrogen-bond donors (Lipinski definition) is 7. The van der Waals surface area contributed by atoms with E-state index in [1.54, 1.807) is 206 Å². The highest BCUT2D eigenvalue weighted by Crippen LogP contribution is 2.32. The Hall–Kier alpha value is -6.20. The molecule has 0 saturated heterocycles. The highest BCUT2D eigenvalue weighted by Gasteiger charge is 2.34. The molecule has 0 radical (unpaired) electrons. The number of nitrogens with zero attached hydrogens (tertiary/aromatic N) is 1. The molecule has 38 heteroatoms. The van der Waals surface area contributed by atoms with E-state index in [9.17, 15) is 76.5 Å². The monoisotopic (exact) mass is 1740 g/mol.